The fourth-order valence-electron chi connectivity index (χ4n) is 2.29. The lowest BCUT2D eigenvalue weighted by Gasteiger charge is -2.31. The zero-order chi connectivity index (χ0) is 18.6. The van der Waals surface area contributed by atoms with Crippen LogP contribution in [0.2, 0.25) is 0 Å². The van der Waals surface area contributed by atoms with Gasteiger partial charge >= 0.3 is 17.9 Å². The number of methoxy groups -OCH3 is 3. The van der Waals surface area contributed by atoms with Gasteiger partial charge in [-0.25, -0.2) is 18.8 Å². The molecule has 9 heteroatoms. The smallest absolute Gasteiger partial charge is 0.355 e. The van der Waals surface area contributed by atoms with Crippen LogP contribution >= 0.6 is 0 Å². The van der Waals surface area contributed by atoms with E-state index in [-0.39, 0.29) is 35.9 Å². The number of anilines is 1. The van der Waals surface area contributed by atoms with Crippen LogP contribution in [0.1, 0.15) is 10.4 Å². The zero-order valence-electron chi connectivity index (χ0n) is 13.8. The Morgan fingerprint density at radius 1 is 1.04 bits per heavy atom. The monoisotopic (exact) mass is 353 g/mol. The molecule has 0 atom stereocenters. The lowest BCUT2D eigenvalue weighted by atomic mass is 10.1. The van der Waals surface area contributed by atoms with Crippen LogP contribution in [0.4, 0.5) is 10.1 Å². The van der Waals surface area contributed by atoms with Crippen LogP contribution in [0, 0.1) is 5.82 Å². The summed E-state index contributed by atoms with van der Waals surface area (Å²) in [5.41, 5.74) is -0.253. The molecule has 0 saturated heterocycles. The number of esters is 3. The van der Waals surface area contributed by atoms with Crippen LogP contribution in [0.25, 0.3) is 0 Å². The van der Waals surface area contributed by atoms with E-state index in [9.17, 15) is 18.8 Å². The molecule has 1 heterocycles. The van der Waals surface area contributed by atoms with Crippen LogP contribution in [-0.2, 0) is 28.5 Å². The van der Waals surface area contributed by atoms with Crippen molar-refractivity contribution < 1.29 is 37.7 Å². The molecule has 134 valence electrons. The number of rotatable bonds is 4. The average Bonchev–Trinajstić information content (AvgIpc) is 2.65. The second kappa shape index (κ2) is 7.75. The second-order valence-electron chi connectivity index (χ2n) is 4.87. The largest absolute Gasteiger partial charge is 0.466 e. The highest BCUT2D eigenvalue weighted by Crippen LogP contribution is 2.28. The maximum atomic E-state index is 14.2. The molecular weight excluding hydrogens is 337 g/mol. The van der Waals surface area contributed by atoms with Crippen molar-refractivity contribution >= 4 is 23.6 Å². The fraction of sp³-hybridized carbons (Fsp3) is 0.312. The molecule has 25 heavy (non-hydrogen) atoms. The number of ether oxygens (including phenoxy) is 4. The summed E-state index contributed by atoms with van der Waals surface area (Å²) in [5, 5.41) is 0. The van der Waals surface area contributed by atoms with Crippen molar-refractivity contribution in [1.82, 2.24) is 0 Å². The standard InChI is InChI=1S/C16H16FNO7/c1-22-14(19)10-5-4-9(6-12(10)17)18-8-25-7-11(15(20)23-2)13(18)16(21)24-3/h4-6H,7-8H2,1-3H3. The summed E-state index contributed by atoms with van der Waals surface area (Å²) < 4.78 is 33.3. The van der Waals surface area contributed by atoms with E-state index in [2.05, 4.69) is 9.47 Å². The number of halogens is 1. The quantitative estimate of drug-likeness (QED) is 0.585. The van der Waals surface area contributed by atoms with E-state index < -0.39 is 23.7 Å². The first kappa shape index (κ1) is 18.4. The minimum absolute atomic E-state index is 0.0574. The minimum Gasteiger partial charge on any atom is -0.466 e. The Morgan fingerprint density at radius 3 is 2.24 bits per heavy atom. The second-order valence-corrected chi connectivity index (χ2v) is 4.87. The summed E-state index contributed by atoms with van der Waals surface area (Å²) >= 11 is 0. The summed E-state index contributed by atoms with van der Waals surface area (Å²) in [4.78, 5) is 36.8. The van der Waals surface area contributed by atoms with Crippen molar-refractivity contribution in [2.24, 2.45) is 0 Å². The van der Waals surface area contributed by atoms with E-state index in [1.807, 2.05) is 0 Å². The predicted molar refractivity (Wildman–Crippen MR) is 82.1 cm³/mol. The first-order valence-corrected chi connectivity index (χ1v) is 7.07. The Bertz CT molecular complexity index is 744. The molecule has 0 unspecified atom stereocenters. The Kier molecular flexibility index (Phi) is 5.71. The van der Waals surface area contributed by atoms with Gasteiger partial charge in [0.15, 0.2) is 0 Å². The van der Waals surface area contributed by atoms with E-state index in [0.29, 0.717) is 0 Å². The SMILES string of the molecule is COC(=O)C1=C(C(=O)OC)N(c2ccc(C(=O)OC)c(F)c2)COC1. The number of nitrogens with zero attached hydrogens (tertiary/aromatic N) is 1. The van der Waals surface area contributed by atoms with Gasteiger partial charge < -0.3 is 23.8 Å². The maximum Gasteiger partial charge on any atom is 0.355 e. The summed E-state index contributed by atoms with van der Waals surface area (Å²) in [6, 6.07) is 3.62. The van der Waals surface area contributed by atoms with Gasteiger partial charge in [0.25, 0.3) is 0 Å². The molecule has 0 bridgehead atoms. The number of carbonyl (C=O) groups is 3. The Balaban J connectivity index is 2.52. The number of benzene rings is 1. The van der Waals surface area contributed by atoms with E-state index >= 15 is 0 Å². The third-order valence-corrected chi connectivity index (χ3v) is 3.50. The summed E-state index contributed by atoms with van der Waals surface area (Å²) in [6.45, 7) is -0.279. The molecule has 1 aromatic rings. The van der Waals surface area contributed by atoms with Gasteiger partial charge in [-0.15, -0.1) is 0 Å². The molecule has 0 aromatic heterocycles. The number of hydrogen-bond donors (Lipinski definition) is 0. The van der Waals surface area contributed by atoms with Crippen LogP contribution in [0.3, 0.4) is 0 Å². The number of carbonyl (C=O) groups excluding carboxylic acids is 3. The molecule has 0 aliphatic carbocycles. The molecule has 1 aliphatic heterocycles. The van der Waals surface area contributed by atoms with Crippen molar-refractivity contribution in [1.29, 1.82) is 0 Å². The molecule has 0 spiro atoms. The van der Waals surface area contributed by atoms with Gasteiger partial charge in [-0.2, -0.15) is 0 Å². The Labute approximate surface area is 142 Å². The summed E-state index contributed by atoms with van der Waals surface area (Å²) in [5.74, 6) is -3.26. The molecule has 0 N–H and O–H groups in total. The highest BCUT2D eigenvalue weighted by atomic mass is 19.1. The van der Waals surface area contributed by atoms with E-state index in [4.69, 9.17) is 9.47 Å². The van der Waals surface area contributed by atoms with E-state index in [0.717, 1.165) is 27.4 Å². The van der Waals surface area contributed by atoms with Crippen LogP contribution in [-0.4, -0.2) is 52.6 Å². The van der Waals surface area contributed by atoms with Gasteiger partial charge in [-0.3, -0.25) is 0 Å². The molecule has 8 nitrogen and oxygen atoms in total. The first-order chi connectivity index (χ1) is 11.9. The summed E-state index contributed by atoms with van der Waals surface area (Å²) in [7, 11) is 3.45. The zero-order valence-corrected chi connectivity index (χ0v) is 13.8. The molecule has 0 radical (unpaired) electrons. The highest BCUT2D eigenvalue weighted by molar-refractivity contribution is 6.03. The van der Waals surface area contributed by atoms with Crippen molar-refractivity contribution in [2.45, 2.75) is 0 Å². The minimum atomic E-state index is -0.848. The molecule has 2 rings (SSSR count). The maximum absolute atomic E-state index is 14.2. The molecule has 0 amide bonds. The fourth-order valence-corrected chi connectivity index (χ4v) is 2.29. The van der Waals surface area contributed by atoms with Gasteiger partial charge in [0.05, 0.1) is 39.1 Å². The molecule has 1 aromatic carbocycles. The van der Waals surface area contributed by atoms with Gasteiger partial charge in [-0.1, -0.05) is 0 Å². The van der Waals surface area contributed by atoms with Crippen LogP contribution < -0.4 is 4.90 Å². The third kappa shape index (κ3) is 3.61. The molecule has 0 fully saturated rings. The third-order valence-electron chi connectivity index (χ3n) is 3.50. The molecule has 1 aliphatic rings. The van der Waals surface area contributed by atoms with Crippen molar-refractivity contribution in [3.05, 3.63) is 40.8 Å². The molecule has 0 saturated carbocycles. The van der Waals surface area contributed by atoms with Crippen LogP contribution in [0.5, 0.6) is 0 Å². The van der Waals surface area contributed by atoms with Crippen LogP contribution in [0.15, 0.2) is 29.5 Å². The Morgan fingerprint density at radius 2 is 1.68 bits per heavy atom. The lowest BCUT2D eigenvalue weighted by molar-refractivity contribution is -0.140. The van der Waals surface area contributed by atoms with E-state index in [1.54, 1.807) is 0 Å². The van der Waals surface area contributed by atoms with Gasteiger partial charge in [0, 0.05) is 5.69 Å². The van der Waals surface area contributed by atoms with Gasteiger partial charge in [-0.05, 0) is 18.2 Å². The number of hydrogen-bond acceptors (Lipinski definition) is 8. The predicted octanol–water partition coefficient (Wildman–Crippen LogP) is 1.01. The summed E-state index contributed by atoms with van der Waals surface area (Å²) in [6.07, 6.45) is 0. The topological polar surface area (TPSA) is 91.4 Å². The van der Waals surface area contributed by atoms with Crippen molar-refractivity contribution in [3.63, 3.8) is 0 Å². The Hall–Kier alpha value is -2.94. The average molecular weight is 353 g/mol. The molecular formula is C16H16FNO7. The van der Waals surface area contributed by atoms with Gasteiger partial charge in [0.1, 0.15) is 18.2 Å². The lowest BCUT2D eigenvalue weighted by Crippen LogP contribution is -2.38. The highest BCUT2D eigenvalue weighted by Gasteiger charge is 2.32. The normalized spacial score (nSPS) is 14.2. The van der Waals surface area contributed by atoms with Gasteiger partial charge in [0.2, 0.25) is 0 Å². The van der Waals surface area contributed by atoms with Crippen molar-refractivity contribution in [2.75, 3.05) is 39.6 Å². The van der Waals surface area contributed by atoms with E-state index in [1.165, 1.54) is 17.0 Å². The van der Waals surface area contributed by atoms with Crippen molar-refractivity contribution in [3.8, 4) is 0 Å². The first-order valence-electron chi connectivity index (χ1n) is 7.07.